The number of carbonyl (C=O) groups is 2. The van der Waals surface area contributed by atoms with E-state index in [9.17, 15) is 14.4 Å². The molecule has 1 aliphatic heterocycles. The topological polar surface area (TPSA) is 76.8 Å². The van der Waals surface area contributed by atoms with Crippen molar-refractivity contribution in [1.29, 1.82) is 0 Å². The van der Waals surface area contributed by atoms with Crippen molar-refractivity contribution < 1.29 is 18.7 Å². The molecule has 0 spiro atoms. The summed E-state index contributed by atoms with van der Waals surface area (Å²) in [6.07, 6.45) is 1.19. The average Bonchev–Trinajstić information content (AvgIpc) is 2.68. The highest BCUT2D eigenvalue weighted by atomic mass is 16.5. The van der Waals surface area contributed by atoms with Crippen molar-refractivity contribution in [2.24, 2.45) is 11.3 Å². The van der Waals surface area contributed by atoms with Gasteiger partial charge in [-0.1, -0.05) is 32.9 Å². The molecule has 156 valence electrons. The van der Waals surface area contributed by atoms with Crippen LogP contribution >= 0.6 is 0 Å². The molecule has 6 nitrogen and oxygen atoms in total. The van der Waals surface area contributed by atoms with Crippen molar-refractivity contribution in [1.82, 2.24) is 4.90 Å². The lowest BCUT2D eigenvalue weighted by atomic mass is 9.91. The molecule has 1 saturated heterocycles. The van der Waals surface area contributed by atoms with Crippen LogP contribution in [-0.4, -0.2) is 29.9 Å². The molecule has 1 amide bonds. The molecule has 0 N–H and O–H groups in total. The number of hydrogen-bond donors (Lipinski definition) is 0. The predicted octanol–water partition coefficient (Wildman–Crippen LogP) is 3.74. The molecule has 0 saturated carbocycles. The molecule has 1 fully saturated rings. The normalized spacial score (nSPS) is 15.6. The minimum atomic E-state index is -0.453. The molecule has 0 atom stereocenters. The van der Waals surface area contributed by atoms with E-state index in [1.54, 1.807) is 0 Å². The van der Waals surface area contributed by atoms with Crippen molar-refractivity contribution in [3.63, 3.8) is 0 Å². The molecule has 1 aromatic carbocycles. The standard InChI is InChI=1S/C23H29NO5/c1-14-6-7-18-17(12-19(25)29-20(18)15(14)2)13-28-21(26)16-8-10-24(11-9-16)22(27)23(3,4)5/h6-7,12,16H,8-11,13H2,1-5H3. The zero-order chi connectivity index (χ0) is 21.3. The quantitative estimate of drug-likeness (QED) is 0.580. The van der Waals surface area contributed by atoms with Crippen molar-refractivity contribution >= 4 is 22.8 Å². The van der Waals surface area contributed by atoms with Gasteiger partial charge in [-0.05, 0) is 37.8 Å². The summed E-state index contributed by atoms with van der Waals surface area (Å²) in [6.45, 7) is 10.7. The molecule has 2 aromatic rings. The van der Waals surface area contributed by atoms with E-state index in [4.69, 9.17) is 9.15 Å². The molecule has 0 unspecified atom stereocenters. The van der Waals surface area contributed by atoms with Crippen LogP contribution in [0, 0.1) is 25.2 Å². The van der Waals surface area contributed by atoms with E-state index in [2.05, 4.69) is 0 Å². The summed E-state index contributed by atoms with van der Waals surface area (Å²) in [4.78, 5) is 38.7. The number of esters is 1. The van der Waals surface area contributed by atoms with Gasteiger partial charge < -0.3 is 14.1 Å². The second kappa shape index (κ2) is 8.01. The van der Waals surface area contributed by atoms with Gasteiger partial charge in [-0.25, -0.2) is 4.79 Å². The number of ether oxygens (including phenoxy) is 1. The maximum atomic E-state index is 12.6. The highest BCUT2D eigenvalue weighted by molar-refractivity contribution is 5.84. The van der Waals surface area contributed by atoms with Crippen LogP contribution in [0.25, 0.3) is 11.0 Å². The molecular formula is C23H29NO5. The molecule has 0 bridgehead atoms. The molecule has 1 aromatic heterocycles. The van der Waals surface area contributed by atoms with Crippen LogP contribution in [-0.2, 0) is 20.9 Å². The van der Waals surface area contributed by atoms with Gasteiger partial charge in [0.1, 0.15) is 12.2 Å². The number of hydrogen-bond acceptors (Lipinski definition) is 5. The highest BCUT2D eigenvalue weighted by Crippen LogP contribution is 2.26. The maximum Gasteiger partial charge on any atom is 0.336 e. The second-order valence-corrected chi connectivity index (χ2v) is 8.90. The Morgan fingerprint density at radius 1 is 1.17 bits per heavy atom. The Morgan fingerprint density at radius 2 is 1.83 bits per heavy atom. The van der Waals surface area contributed by atoms with Gasteiger partial charge in [0.2, 0.25) is 5.91 Å². The predicted molar refractivity (Wildman–Crippen MR) is 111 cm³/mol. The van der Waals surface area contributed by atoms with Gasteiger partial charge in [-0.2, -0.15) is 0 Å². The number of nitrogens with zero attached hydrogens (tertiary/aromatic N) is 1. The SMILES string of the molecule is Cc1ccc2c(COC(=O)C3CCN(C(=O)C(C)(C)C)CC3)cc(=O)oc2c1C. The minimum Gasteiger partial charge on any atom is -0.461 e. The molecule has 0 aliphatic carbocycles. The van der Waals surface area contributed by atoms with Gasteiger partial charge in [0, 0.05) is 35.5 Å². The summed E-state index contributed by atoms with van der Waals surface area (Å²) in [6, 6.07) is 5.24. The van der Waals surface area contributed by atoms with Gasteiger partial charge in [0.15, 0.2) is 0 Å². The van der Waals surface area contributed by atoms with Crippen LogP contribution in [0.3, 0.4) is 0 Å². The van der Waals surface area contributed by atoms with Crippen LogP contribution in [0.15, 0.2) is 27.4 Å². The second-order valence-electron chi connectivity index (χ2n) is 8.90. The van der Waals surface area contributed by atoms with E-state index in [1.807, 2.05) is 51.7 Å². The van der Waals surface area contributed by atoms with E-state index >= 15 is 0 Å². The first-order chi connectivity index (χ1) is 13.6. The van der Waals surface area contributed by atoms with Crippen molar-refractivity contribution in [3.8, 4) is 0 Å². The van der Waals surface area contributed by atoms with Crippen LogP contribution in [0.2, 0.25) is 0 Å². The highest BCUT2D eigenvalue weighted by Gasteiger charge is 2.33. The molecule has 1 aliphatic rings. The summed E-state index contributed by atoms with van der Waals surface area (Å²) in [7, 11) is 0. The van der Waals surface area contributed by atoms with Crippen LogP contribution in [0.5, 0.6) is 0 Å². The van der Waals surface area contributed by atoms with Crippen molar-refractivity contribution in [3.05, 3.63) is 45.3 Å². The fourth-order valence-electron chi connectivity index (χ4n) is 3.70. The Bertz CT molecular complexity index is 991. The Kier molecular flexibility index (Phi) is 5.82. The van der Waals surface area contributed by atoms with Gasteiger partial charge in [0.05, 0.1) is 5.92 Å². The Labute approximate surface area is 170 Å². The van der Waals surface area contributed by atoms with Gasteiger partial charge >= 0.3 is 11.6 Å². The lowest BCUT2D eigenvalue weighted by molar-refractivity contribution is -0.154. The third-order valence-electron chi connectivity index (χ3n) is 5.64. The summed E-state index contributed by atoms with van der Waals surface area (Å²) in [5.74, 6) is -0.398. The molecule has 3 rings (SSSR count). The Balaban J connectivity index is 1.66. The molecule has 2 heterocycles. The van der Waals surface area contributed by atoms with Gasteiger partial charge in [-0.15, -0.1) is 0 Å². The number of fused-ring (bicyclic) bond motifs is 1. The van der Waals surface area contributed by atoms with E-state index in [0.29, 0.717) is 37.1 Å². The number of carbonyl (C=O) groups excluding carboxylic acids is 2. The largest absolute Gasteiger partial charge is 0.461 e. The minimum absolute atomic E-state index is 0.0323. The van der Waals surface area contributed by atoms with Crippen LogP contribution in [0.1, 0.15) is 50.3 Å². The number of likely N-dealkylation sites (tertiary alicyclic amines) is 1. The first kappa shape index (κ1) is 21.1. The average molecular weight is 399 g/mol. The van der Waals surface area contributed by atoms with E-state index in [-0.39, 0.29) is 24.4 Å². The number of benzene rings is 1. The van der Waals surface area contributed by atoms with Crippen LogP contribution < -0.4 is 5.63 Å². The van der Waals surface area contributed by atoms with E-state index < -0.39 is 11.0 Å². The molecule has 0 radical (unpaired) electrons. The Hall–Kier alpha value is -2.63. The third-order valence-corrected chi connectivity index (χ3v) is 5.64. The summed E-state index contributed by atoms with van der Waals surface area (Å²) in [5.41, 5.74) is 2.26. The first-order valence-corrected chi connectivity index (χ1v) is 10.1. The molecule has 6 heteroatoms. The fourth-order valence-corrected chi connectivity index (χ4v) is 3.70. The van der Waals surface area contributed by atoms with Gasteiger partial charge in [0.25, 0.3) is 0 Å². The van der Waals surface area contributed by atoms with Crippen LogP contribution in [0.4, 0.5) is 0 Å². The third kappa shape index (κ3) is 4.52. The lowest BCUT2D eigenvalue weighted by Crippen LogP contribution is -2.45. The fraction of sp³-hybridized carbons (Fsp3) is 0.522. The van der Waals surface area contributed by atoms with Gasteiger partial charge in [-0.3, -0.25) is 9.59 Å². The lowest BCUT2D eigenvalue weighted by Gasteiger charge is -2.34. The maximum absolute atomic E-state index is 12.6. The van der Waals surface area contributed by atoms with E-state index in [0.717, 1.165) is 16.5 Å². The zero-order valence-electron chi connectivity index (χ0n) is 17.8. The molecule has 29 heavy (non-hydrogen) atoms. The summed E-state index contributed by atoms with van der Waals surface area (Å²) < 4.78 is 10.9. The van der Waals surface area contributed by atoms with Crippen molar-refractivity contribution in [2.45, 2.75) is 54.1 Å². The molecular weight excluding hydrogens is 370 g/mol. The van der Waals surface area contributed by atoms with Crippen molar-refractivity contribution in [2.75, 3.05) is 13.1 Å². The smallest absolute Gasteiger partial charge is 0.336 e. The Morgan fingerprint density at radius 3 is 2.45 bits per heavy atom. The van der Waals surface area contributed by atoms with E-state index in [1.165, 1.54) is 6.07 Å². The summed E-state index contributed by atoms with van der Waals surface area (Å²) >= 11 is 0. The monoisotopic (exact) mass is 399 g/mol. The first-order valence-electron chi connectivity index (χ1n) is 10.1. The number of rotatable bonds is 3. The number of amides is 1. The number of piperidine rings is 1. The number of aryl methyl sites for hydroxylation is 2. The zero-order valence-corrected chi connectivity index (χ0v) is 17.8. The summed E-state index contributed by atoms with van der Waals surface area (Å²) in [5, 5.41) is 0.783.